The van der Waals surface area contributed by atoms with Crippen LogP contribution in [-0.4, -0.2) is 42.5 Å². The van der Waals surface area contributed by atoms with Gasteiger partial charge in [0.2, 0.25) is 0 Å². The summed E-state index contributed by atoms with van der Waals surface area (Å²) in [5, 5.41) is 0. The molecule has 0 unspecified atom stereocenters. The highest BCUT2D eigenvalue weighted by Gasteiger charge is 2.26. The van der Waals surface area contributed by atoms with E-state index in [-0.39, 0.29) is 0 Å². The van der Waals surface area contributed by atoms with E-state index in [0.717, 1.165) is 12.0 Å². The molecule has 0 spiro atoms. The highest BCUT2D eigenvalue weighted by Crippen LogP contribution is 2.27. The summed E-state index contributed by atoms with van der Waals surface area (Å²) in [6.45, 7) is 7.69. The molecule has 1 aliphatic carbocycles. The van der Waals surface area contributed by atoms with Gasteiger partial charge in [-0.15, -0.1) is 0 Å². The van der Waals surface area contributed by atoms with Crippen molar-refractivity contribution in [3.05, 3.63) is 12.8 Å². The molecule has 2 fully saturated rings. The second-order valence-corrected chi connectivity index (χ2v) is 5.89. The minimum Gasteiger partial charge on any atom is -0.381 e. The summed E-state index contributed by atoms with van der Waals surface area (Å²) in [6.07, 6.45) is 12.0. The topological polar surface area (TPSA) is 6.48 Å². The van der Waals surface area contributed by atoms with Crippen molar-refractivity contribution >= 4 is 0 Å². The molecule has 2 rings (SSSR count). The van der Waals surface area contributed by atoms with E-state index < -0.39 is 0 Å². The van der Waals surface area contributed by atoms with E-state index in [1.165, 1.54) is 64.6 Å². The summed E-state index contributed by atoms with van der Waals surface area (Å²) in [5.74, 6) is 0.887. The number of hydrogen-bond acceptors (Lipinski definition) is 2. The maximum atomic E-state index is 3.83. The molecule has 2 nitrogen and oxygen atoms in total. The number of hydrogen-bond donors (Lipinski definition) is 0. The number of likely N-dealkylation sites (tertiary alicyclic amines) is 1. The van der Waals surface area contributed by atoms with Gasteiger partial charge in [-0.2, -0.15) is 0 Å². The van der Waals surface area contributed by atoms with Crippen molar-refractivity contribution in [3.63, 3.8) is 0 Å². The van der Waals surface area contributed by atoms with Crippen LogP contribution in [0.5, 0.6) is 0 Å². The Morgan fingerprint density at radius 1 is 1.12 bits per heavy atom. The second kappa shape index (κ2) is 6.44. The maximum absolute atomic E-state index is 3.83. The molecular formula is C15H28N2. The first-order valence-corrected chi connectivity index (χ1v) is 7.36. The zero-order valence-corrected chi connectivity index (χ0v) is 11.4. The van der Waals surface area contributed by atoms with E-state index in [0.29, 0.717) is 0 Å². The first-order valence-electron chi connectivity index (χ1n) is 7.36. The minimum absolute atomic E-state index is 0.887. The Hall–Kier alpha value is -0.500. The van der Waals surface area contributed by atoms with Crippen LogP contribution in [0.2, 0.25) is 0 Å². The van der Waals surface area contributed by atoms with E-state index in [2.05, 4.69) is 23.4 Å². The van der Waals surface area contributed by atoms with Gasteiger partial charge in [0, 0.05) is 19.6 Å². The van der Waals surface area contributed by atoms with Crippen LogP contribution in [0.15, 0.2) is 12.8 Å². The first-order chi connectivity index (χ1) is 8.29. The first kappa shape index (κ1) is 12.9. The summed E-state index contributed by atoms with van der Waals surface area (Å²) in [4.78, 5) is 5.00. The predicted molar refractivity (Wildman–Crippen MR) is 74.0 cm³/mol. The molecule has 0 N–H and O–H groups in total. The third kappa shape index (κ3) is 3.74. The van der Waals surface area contributed by atoms with Crippen molar-refractivity contribution in [1.29, 1.82) is 0 Å². The molecule has 17 heavy (non-hydrogen) atoms. The lowest BCUT2D eigenvalue weighted by atomic mass is 9.90. The van der Waals surface area contributed by atoms with Crippen molar-refractivity contribution in [1.82, 2.24) is 9.80 Å². The van der Waals surface area contributed by atoms with Gasteiger partial charge in [-0.05, 0) is 50.9 Å². The lowest BCUT2D eigenvalue weighted by molar-refractivity contribution is 0.0999. The number of piperidine rings is 1. The molecule has 1 saturated heterocycles. The Balaban J connectivity index is 1.71. The normalized spacial score (nSPS) is 24.8. The molecule has 0 aromatic heterocycles. The van der Waals surface area contributed by atoms with Crippen LogP contribution in [0.4, 0.5) is 0 Å². The third-order valence-electron chi connectivity index (χ3n) is 4.60. The number of rotatable bonds is 4. The van der Waals surface area contributed by atoms with E-state index in [4.69, 9.17) is 0 Å². The van der Waals surface area contributed by atoms with Gasteiger partial charge in [-0.25, -0.2) is 0 Å². The van der Waals surface area contributed by atoms with Gasteiger partial charge in [-0.3, -0.25) is 0 Å². The monoisotopic (exact) mass is 236 g/mol. The molecule has 2 heteroatoms. The third-order valence-corrected chi connectivity index (χ3v) is 4.60. The molecule has 1 aliphatic heterocycles. The Morgan fingerprint density at radius 2 is 1.76 bits per heavy atom. The Labute approximate surface area is 107 Å². The van der Waals surface area contributed by atoms with Gasteiger partial charge in [-0.1, -0.05) is 25.8 Å². The van der Waals surface area contributed by atoms with Crippen LogP contribution in [0.1, 0.15) is 44.9 Å². The van der Waals surface area contributed by atoms with Crippen molar-refractivity contribution in [2.24, 2.45) is 5.92 Å². The quantitative estimate of drug-likeness (QED) is 0.740. The van der Waals surface area contributed by atoms with E-state index in [1.54, 1.807) is 0 Å². The van der Waals surface area contributed by atoms with Crippen molar-refractivity contribution in [3.8, 4) is 0 Å². The average Bonchev–Trinajstić information content (AvgIpc) is 2.40. The van der Waals surface area contributed by atoms with Crippen molar-refractivity contribution < 1.29 is 0 Å². The zero-order chi connectivity index (χ0) is 12.1. The van der Waals surface area contributed by atoms with Gasteiger partial charge in [0.15, 0.2) is 0 Å². The lowest BCUT2D eigenvalue weighted by Crippen LogP contribution is -2.43. The van der Waals surface area contributed by atoms with Crippen LogP contribution in [0, 0.1) is 5.92 Å². The zero-order valence-electron chi connectivity index (χ0n) is 11.4. The Kier molecular flexibility index (Phi) is 4.90. The molecule has 0 bridgehead atoms. The molecule has 2 aliphatic rings. The average molecular weight is 236 g/mol. The van der Waals surface area contributed by atoms with Gasteiger partial charge >= 0.3 is 0 Å². The van der Waals surface area contributed by atoms with Crippen LogP contribution in [-0.2, 0) is 0 Å². The van der Waals surface area contributed by atoms with E-state index in [9.17, 15) is 0 Å². The minimum atomic E-state index is 0.887. The molecule has 1 heterocycles. The molecule has 0 aromatic rings. The molecule has 0 radical (unpaired) electrons. The summed E-state index contributed by atoms with van der Waals surface area (Å²) >= 11 is 0. The molecule has 98 valence electrons. The molecule has 1 saturated carbocycles. The number of nitrogens with zero attached hydrogens (tertiary/aromatic N) is 2. The van der Waals surface area contributed by atoms with E-state index in [1.807, 2.05) is 6.20 Å². The van der Waals surface area contributed by atoms with Crippen LogP contribution in [0.25, 0.3) is 0 Å². The van der Waals surface area contributed by atoms with E-state index >= 15 is 0 Å². The van der Waals surface area contributed by atoms with Crippen LogP contribution in [0.3, 0.4) is 0 Å². The summed E-state index contributed by atoms with van der Waals surface area (Å²) in [5.41, 5.74) is 0. The largest absolute Gasteiger partial charge is 0.381 e. The Morgan fingerprint density at radius 3 is 2.35 bits per heavy atom. The smallest absolute Gasteiger partial charge is 0.0198 e. The second-order valence-electron chi connectivity index (χ2n) is 5.89. The summed E-state index contributed by atoms with van der Waals surface area (Å²) < 4.78 is 0. The molecule has 0 aromatic carbocycles. The summed E-state index contributed by atoms with van der Waals surface area (Å²) in [7, 11) is 2.14. The maximum Gasteiger partial charge on any atom is 0.0198 e. The standard InChI is InChI=1S/C15H28N2/c1-3-16(2)13-14-9-11-17(12-10-14)15-7-5-4-6-8-15/h3,14-15H,1,4-13H2,2H3. The van der Waals surface area contributed by atoms with Crippen molar-refractivity contribution in [2.75, 3.05) is 26.7 Å². The fraction of sp³-hybridized carbons (Fsp3) is 0.867. The fourth-order valence-corrected chi connectivity index (χ4v) is 3.43. The fourth-order valence-electron chi connectivity index (χ4n) is 3.43. The van der Waals surface area contributed by atoms with Gasteiger partial charge in [0.1, 0.15) is 0 Å². The van der Waals surface area contributed by atoms with Crippen LogP contribution < -0.4 is 0 Å². The highest BCUT2D eigenvalue weighted by molar-refractivity contribution is 4.82. The molecular weight excluding hydrogens is 208 g/mol. The Bertz CT molecular complexity index is 225. The highest BCUT2D eigenvalue weighted by atomic mass is 15.2. The van der Waals surface area contributed by atoms with Crippen LogP contribution >= 0.6 is 0 Å². The SMILES string of the molecule is C=CN(C)CC1CCN(C2CCCCC2)CC1. The molecule has 0 amide bonds. The van der Waals surface area contributed by atoms with Gasteiger partial charge in [0.25, 0.3) is 0 Å². The summed E-state index contributed by atoms with van der Waals surface area (Å²) in [6, 6.07) is 0.918. The van der Waals surface area contributed by atoms with Crippen molar-refractivity contribution in [2.45, 2.75) is 51.0 Å². The van der Waals surface area contributed by atoms with Gasteiger partial charge < -0.3 is 9.80 Å². The lowest BCUT2D eigenvalue weighted by Gasteiger charge is -2.40. The predicted octanol–water partition coefficient (Wildman–Crippen LogP) is 3.11. The van der Waals surface area contributed by atoms with Gasteiger partial charge in [0.05, 0.1) is 0 Å². The molecule has 0 atom stereocenters.